The molecule has 3 rings (SSSR count). The Labute approximate surface area is 158 Å². The van der Waals surface area contributed by atoms with Crippen molar-refractivity contribution in [1.29, 1.82) is 0 Å². The topological polar surface area (TPSA) is 67.2 Å². The van der Waals surface area contributed by atoms with Crippen molar-refractivity contribution in [3.8, 4) is 0 Å². The minimum atomic E-state index is -2.03. The molecule has 1 atom stereocenters. The summed E-state index contributed by atoms with van der Waals surface area (Å²) in [7, 11) is 0. The molecule has 1 unspecified atom stereocenters. The van der Waals surface area contributed by atoms with E-state index in [1.807, 2.05) is 50.2 Å². The molecular weight excluding hydrogens is 347 g/mol. The molecule has 0 aliphatic carbocycles. The molecule has 1 N–H and O–H groups in total. The number of hydrogen-bond acceptors (Lipinski definition) is 3. The standard InChI is InChI=1S/C20H25FN4O2/c1-15-12-16(2)25(23-15)10-8-18(26)24-11-9-20(21,14-24)19(27)22-13-17-6-4-3-5-7-17/h3-7,12H,8-11,13-14H2,1-2H3,(H,22,27). The zero-order valence-corrected chi connectivity index (χ0v) is 15.7. The Bertz CT molecular complexity index is 821. The van der Waals surface area contributed by atoms with Crippen LogP contribution in [0.1, 0.15) is 29.8 Å². The van der Waals surface area contributed by atoms with Gasteiger partial charge in [-0.25, -0.2) is 4.39 Å². The lowest BCUT2D eigenvalue weighted by Gasteiger charge is -2.20. The van der Waals surface area contributed by atoms with Gasteiger partial charge in [0.25, 0.3) is 5.91 Å². The highest BCUT2D eigenvalue weighted by Gasteiger charge is 2.46. The molecule has 27 heavy (non-hydrogen) atoms. The molecule has 2 heterocycles. The quantitative estimate of drug-likeness (QED) is 0.845. The van der Waals surface area contributed by atoms with Crippen molar-refractivity contribution in [2.24, 2.45) is 0 Å². The summed E-state index contributed by atoms with van der Waals surface area (Å²) in [6.07, 6.45) is 0.267. The normalized spacial score (nSPS) is 19.3. The molecule has 1 aromatic heterocycles. The first kappa shape index (κ1) is 19.1. The molecule has 1 aliphatic rings. The van der Waals surface area contributed by atoms with Crippen molar-refractivity contribution >= 4 is 11.8 Å². The van der Waals surface area contributed by atoms with E-state index in [0.29, 0.717) is 6.54 Å². The highest BCUT2D eigenvalue weighted by atomic mass is 19.1. The van der Waals surface area contributed by atoms with Gasteiger partial charge >= 0.3 is 0 Å². The fraction of sp³-hybridized carbons (Fsp3) is 0.450. The number of nitrogens with one attached hydrogen (secondary N) is 1. The van der Waals surface area contributed by atoms with E-state index in [1.165, 1.54) is 4.90 Å². The zero-order chi connectivity index (χ0) is 19.4. The predicted octanol–water partition coefficient (Wildman–Crippen LogP) is 2.15. The Kier molecular flexibility index (Phi) is 5.58. The molecular formula is C20H25FN4O2. The predicted molar refractivity (Wildman–Crippen MR) is 99.6 cm³/mol. The van der Waals surface area contributed by atoms with E-state index in [9.17, 15) is 9.59 Å². The number of rotatable bonds is 6. The van der Waals surface area contributed by atoms with Gasteiger partial charge in [0, 0.05) is 38.2 Å². The zero-order valence-electron chi connectivity index (χ0n) is 15.7. The van der Waals surface area contributed by atoms with Gasteiger partial charge in [-0.15, -0.1) is 0 Å². The Morgan fingerprint density at radius 2 is 2.00 bits per heavy atom. The number of carbonyl (C=O) groups is 2. The highest BCUT2D eigenvalue weighted by Crippen LogP contribution is 2.26. The highest BCUT2D eigenvalue weighted by molar-refractivity contribution is 5.87. The van der Waals surface area contributed by atoms with Gasteiger partial charge in [0.15, 0.2) is 0 Å². The Morgan fingerprint density at radius 3 is 2.67 bits per heavy atom. The van der Waals surface area contributed by atoms with Crippen LogP contribution in [0.2, 0.25) is 0 Å². The summed E-state index contributed by atoms with van der Waals surface area (Å²) in [5.41, 5.74) is 0.772. The summed E-state index contributed by atoms with van der Waals surface area (Å²) in [6.45, 7) is 4.63. The van der Waals surface area contributed by atoms with Gasteiger partial charge in [0.2, 0.25) is 11.6 Å². The van der Waals surface area contributed by atoms with Crippen molar-refractivity contribution in [1.82, 2.24) is 20.0 Å². The third-order valence-corrected chi connectivity index (χ3v) is 4.92. The molecule has 0 radical (unpaired) electrons. The largest absolute Gasteiger partial charge is 0.349 e. The monoisotopic (exact) mass is 372 g/mol. The number of halogens is 1. The van der Waals surface area contributed by atoms with Gasteiger partial charge in [-0.2, -0.15) is 5.10 Å². The average molecular weight is 372 g/mol. The molecule has 7 heteroatoms. The second kappa shape index (κ2) is 7.90. The van der Waals surface area contributed by atoms with Gasteiger partial charge < -0.3 is 10.2 Å². The number of hydrogen-bond donors (Lipinski definition) is 1. The first-order valence-corrected chi connectivity index (χ1v) is 9.17. The second-order valence-corrected chi connectivity index (χ2v) is 7.10. The number of amides is 2. The van der Waals surface area contributed by atoms with Crippen molar-refractivity contribution in [3.05, 3.63) is 53.3 Å². The summed E-state index contributed by atoms with van der Waals surface area (Å²) in [4.78, 5) is 26.1. The first-order valence-electron chi connectivity index (χ1n) is 9.17. The van der Waals surface area contributed by atoms with E-state index in [2.05, 4.69) is 10.4 Å². The van der Waals surface area contributed by atoms with Crippen LogP contribution in [-0.4, -0.2) is 45.3 Å². The van der Waals surface area contributed by atoms with E-state index >= 15 is 4.39 Å². The van der Waals surface area contributed by atoms with Gasteiger partial charge in [-0.3, -0.25) is 14.3 Å². The molecule has 144 valence electrons. The molecule has 1 saturated heterocycles. The van der Waals surface area contributed by atoms with Crippen molar-refractivity contribution in [2.45, 2.75) is 45.4 Å². The van der Waals surface area contributed by atoms with Crippen LogP contribution >= 0.6 is 0 Å². The van der Waals surface area contributed by atoms with Crippen LogP contribution in [0.4, 0.5) is 4.39 Å². The van der Waals surface area contributed by atoms with Crippen molar-refractivity contribution in [2.75, 3.05) is 13.1 Å². The number of carbonyl (C=O) groups excluding carboxylic acids is 2. The minimum Gasteiger partial charge on any atom is -0.349 e. The molecule has 0 saturated carbocycles. The van der Waals surface area contributed by atoms with E-state index in [1.54, 1.807) is 4.68 Å². The van der Waals surface area contributed by atoms with E-state index in [0.717, 1.165) is 17.0 Å². The van der Waals surface area contributed by atoms with Crippen LogP contribution in [0.25, 0.3) is 0 Å². The van der Waals surface area contributed by atoms with E-state index in [4.69, 9.17) is 0 Å². The minimum absolute atomic E-state index is 0.0271. The Hall–Kier alpha value is -2.70. The van der Waals surface area contributed by atoms with Crippen molar-refractivity contribution < 1.29 is 14.0 Å². The molecule has 0 bridgehead atoms. The van der Waals surface area contributed by atoms with Crippen LogP contribution in [0.5, 0.6) is 0 Å². The summed E-state index contributed by atoms with van der Waals surface area (Å²) in [6, 6.07) is 11.3. The van der Waals surface area contributed by atoms with Gasteiger partial charge in [-0.1, -0.05) is 30.3 Å². The third kappa shape index (κ3) is 4.53. The lowest BCUT2D eigenvalue weighted by molar-refractivity contribution is -0.134. The summed E-state index contributed by atoms with van der Waals surface area (Å²) in [5, 5.41) is 6.97. The number of benzene rings is 1. The van der Waals surface area contributed by atoms with Gasteiger partial charge in [0.05, 0.1) is 12.2 Å². The van der Waals surface area contributed by atoms with E-state index in [-0.39, 0.29) is 38.4 Å². The fourth-order valence-corrected chi connectivity index (χ4v) is 3.37. The lowest BCUT2D eigenvalue weighted by atomic mass is 10.0. The summed E-state index contributed by atoms with van der Waals surface area (Å²) >= 11 is 0. The first-order chi connectivity index (χ1) is 12.9. The molecule has 2 aromatic rings. The average Bonchev–Trinajstić information content (AvgIpc) is 3.21. The maximum Gasteiger partial charge on any atom is 0.259 e. The number of aromatic nitrogens is 2. The van der Waals surface area contributed by atoms with Crippen LogP contribution in [-0.2, 0) is 22.7 Å². The summed E-state index contributed by atoms with van der Waals surface area (Å²) in [5.74, 6) is -0.807. The maximum atomic E-state index is 15.0. The second-order valence-electron chi connectivity index (χ2n) is 7.10. The number of likely N-dealkylation sites (tertiary alicyclic amines) is 1. The Morgan fingerprint density at radius 1 is 1.26 bits per heavy atom. The van der Waals surface area contributed by atoms with Gasteiger partial charge in [0.1, 0.15) is 0 Å². The third-order valence-electron chi connectivity index (χ3n) is 4.92. The molecule has 1 fully saturated rings. The number of aryl methyl sites for hydroxylation is 3. The number of alkyl halides is 1. The lowest BCUT2D eigenvalue weighted by Crippen LogP contribution is -2.45. The summed E-state index contributed by atoms with van der Waals surface area (Å²) < 4.78 is 16.8. The number of nitrogens with zero attached hydrogens (tertiary/aromatic N) is 3. The van der Waals surface area contributed by atoms with Crippen LogP contribution in [0, 0.1) is 13.8 Å². The van der Waals surface area contributed by atoms with Crippen molar-refractivity contribution in [3.63, 3.8) is 0 Å². The maximum absolute atomic E-state index is 15.0. The molecule has 6 nitrogen and oxygen atoms in total. The molecule has 1 aromatic carbocycles. The Balaban J connectivity index is 1.50. The molecule has 1 aliphatic heterocycles. The van der Waals surface area contributed by atoms with Gasteiger partial charge in [-0.05, 0) is 25.5 Å². The van der Waals surface area contributed by atoms with Crippen LogP contribution in [0.15, 0.2) is 36.4 Å². The smallest absolute Gasteiger partial charge is 0.259 e. The molecule has 2 amide bonds. The molecule has 0 spiro atoms. The van der Waals surface area contributed by atoms with Crippen LogP contribution < -0.4 is 5.32 Å². The van der Waals surface area contributed by atoms with E-state index < -0.39 is 11.6 Å². The fourth-order valence-electron chi connectivity index (χ4n) is 3.37. The van der Waals surface area contributed by atoms with Crippen LogP contribution in [0.3, 0.4) is 0 Å². The SMILES string of the molecule is Cc1cc(C)n(CCC(=O)N2CCC(F)(C(=O)NCc3ccccc3)C2)n1.